The maximum atomic E-state index is 5.34. The van der Waals surface area contributed by atoms with Gasteiger partial charge in [0, 0.05) is 49.6 Å². The van der Waals surface area contributed by atoms with Gasteiger partial charge in [0.15, 0.2) is 0 Å². The van der Waals surface area contributed by atoms with Gasteiger partial charge >= 0.3 is 5.91 Å². The summed E-state index contributed by atoms with van der Waals surface area (Å²) in [6.45, 7) is 0. The lowest BCUT2D eigenvalue weighted by Crippen LogP contribution is -2.71. The summed E-state index contributed by atoms with van der Waals surface area (Å²) >= 11 is 0. The van der Waals surface area contributed by atoms with Crippen molar-refractivity contribution in [3.63, 3.8) is 0 Å². The highest BCUT2D eigenvalue weighted by atomic mass is 15.7. The summed E-state index contributed by atoms with van der Waals surface area (Å²) in [5, 5.41) is 3.81. The van der Waals surface area contributed by atoms with Crippen molar-refractivity contribution in [3.8, 4) is 0 Å². The maximum Gasteiger partial charge on any atom is 0.404 e. The topological polar surface area (TPSA) is 117 Å². The molecule has 0 saturated carbocycles. The van der Waals surface area contributed by atoms with E-state index in [1.807, 2.05) is 67.6 Å². The van der Waals surface area contributed by atoms with E-state index < -0.39 is 5.91 Å². The van der Waals surface area contributed by atoms with Gasteiger partial charge in [-0.2, -0.15) is 9.13 Å². The van der Waals surface area contributed by atoms with Crippen molar-refractivity contribution in [1.82, 2.24) is 29.1 Å². The van der Waals surface area contributed by atoms with Gasteiger partial charge in [0.2, 0.25) is 22.6 Å². The van der Waals surface area contributed by atoms with Crippen LogP contribution in [-0.4, -0.2) is 61.6 Å². The zero-order valence-corrected chi connectivity index (χ0v) is 20.8. The zero-order chi connectivity index (χ0) is 26.2. The van der Waals surface area contributed by atoms with E-state index in [9.17, 15) is 0 Å². The molecule has 6 aliphatic rings. The van der Waals surface area contributed by atoms with Crippen molar-refractivity contribution >= 4 is 56.5 Å². The molecule has 0 N–H and O–H groups in total. The molecule has 41 heavy (non-hydrogen) atoms. The van der Waals surface area contributed by atoms with Crippen LogP contribution >= 0.6 is 0 Å². The molecular formula is C29H12N12+2. The SMILES string of the molecule is c1cc2c(cn1)C1=Nc3c4cnccc4c4n3C35n6c(c7ccncc7c6=NC6=[N+]3C(=N4)c3cnccc36)=NC2=[N+]15. The third kappa shape index (κ3) is 1.72. The molecule has 186 valence electrons. The fourth-order valence-corrected chi connectivity index (χ4v) is 7.46. The minimum Gasteiger partial charge on any atom is -0.264 e. The molecule has 12 heterocycles. The predicted molar refractivity (Wildman–Crippen MR) is 145 cm³/mol. The van der Waals surface area contributed by atoms with Crippen LogP contribution in [0.25, 0.3) is 21.5 Å². The van der Waals surface area contributed by atoms with Gasteiger partial charge in [-0.15, -0.1) is 9.15 Å². The second-order valence-electron chi connectivity index (χ2n) is 10.7. The molecule has 12 nitrogen and oxygen atoms in total. The Labute approximate surface area is 227 Å². The van der Waals surface area contributed by atoms with Crippen molar-refractivity contribution in [2.75, 3.05) is 0 Å². The maximum absolute atomic E-state index is 5.34. The third-order valence-corrected chi connectivity index (χ3v) is 8.95. The van der Waals surface area contributed by atoms with E-state index in [-0.39, 0.29) is 0 Å². The second-order valence-corrected chi connectivity index (χ2v) is 10.7. The van der Waals surface area contributed by atoms with E-state index in [2.05, 4.69) is 38.2 Å². The first kappa shape index (κ1) is 19.1. The number of aliphatic imine (C=N–C) groups is 2. The number of aromatic nitrogens is 6. The Bertz CT molecular complexity index is 2470. The lowest BCUT2D eigenvalue weighted by atomic mass is 10.1. The number of rotatable bonds is 0. The Morgan fingerprint density at radius 2 is 1.02 bits per heavy atom. The van der Waals surface area contributed by atoms with Gasteiger partial charge in [0.25, 0.3) is 23.3 Å². The standard InChI is InChI=1S/C29H12N12/c1-5-30-9-17-13(1)21-34-22-14-2-6-32-11-19(14)27-37-28-20-12-33-8-4-16(20)24-36-26-18-10-31-7-3-15(18)23-35-25(17)38(21)29(39(22)27,40(23)26)41(24)28/h1-12H/q+2. The van der Waals surface area contributed by atoms with Crippen molar-refractivity contribution in [1.29, 1.82) is 0 Å². The van der Waals surface area contributed by atoms with Gasteiger partial charge in [-0.05, 0) is 24.3 Å². The molecule has 6 aromatic heterocycles. The van der Waals surface area contributed by atoms with Crippen LogP contribution in [0.3, 0.4) is 0 Å². The average Bonchev–Trinajstić information content (AvgIpc) is 3.74. The summed E-state index contributed by atoms with van der Waals surface area (Å²) in [4.78, 5) is 39.3. The van der Waals surface area contributed by atoms with Crippen LogP contribution in [-0.2, 0) is 5.91 Å². The Morgan fingerprint density at radius 3 is 1.71 bits per heavy atom. The number of hydrogen-bond donors (Lipinski definition) is 0. The lowest BCUT2D eigenvalue weighted by molar-refractivity contribution is -0.790. The number of fused-ring (bicyclic) bond motifs is 12. The average molecular weight is 528 g/mol. The van der Waals surface area contributed by atoms with Crippen LogP contribution in [0, 0.1) is 0 Å². The molecule has 1 spiro atoms. The van der Waals surface area contributed by atoms with Crippen LogP contribution in [0.1, 0.15) is 22.3 Å². The molecule has 0 aliphatic carbocycles. The summed E-state index contributed by atoms with van der Waals surface area (Å²) in [7, 11) is 0. The molecule has 0 aromatic carbocycles. The van der Waals surface area contributed by atoms with Crippen LogP contribution in [0.2, 0.25) is 0 Å². The van der Waals surface area contributed by atoms with Crippen molar-refractivity contribution < 1.29 is 9.15 Å². The summed E-state index contributed by atoms with van der Waals surface area (Å²) in [6.07, 6.45) is 14.7. The number of pyridine rings is 4. The monoisotopic (exact) mass is 528 g/mol. The summed E-state index contributed by atoms with van der Waals surface area (Å²) in [5.41, 5.74) is 5.40. The first-order valence-corrected chi connectivity index (χ1v) is 13.2. The molecule has 12 heteroatoms. The van der Waals surface area contributed by atoms with Crippen LogP contribution < -0.4 is 11.0 Å². The molecule has 1 unspecified atom stereocenters. The molecule has 6 aromatic rings. The molecule has 0 fully saturated rings. The fourth-order valence-electron chi connectivity index (χ4n) is 7.46. The van der Waals surface area contributed by atoms with E-state index >= 15 is 0 Å². The summed E-state index contributed by atoms with van der Waals surface area (Å²) in [6, 6.07) is 8.07. The van der Waals surface area contributed by atoms with Gasteiger partial charge in [-0.3, -0.25) is 19.9 Å². The largest absolute Gasteiger partial charge is 0.404 e. The first-order valence-electron chi connectivity index (χ1n) is 13.2. The molecule has 0 radical (unpaired) electrons. The van der Waals surface area contributed by atoms with Gasteiger partial charge in [-0.25, -0.2) is 0 Å². The fraction of sp³-hybridized carbons (Fsp3) is 0.0345. The molecule has 0 bridgehead atoms. The van der Waals surface area contributed by atoms with Crippen molar-refractivity contribution in [2.45, 2.75) is 5.91 Å². The third-order valence-electron chi connectivity index (χ3n) is 8.95. The molecule has 12 rings (SSSR count). The van der Waals surface area contributed by atoms with E-state index in [4.69, 9.17) is 20.0 Å². The highest BCUT2D eigenvalue weighted by molar-refractivity contribution is 6.20. The minimum absolute atomic E-state index is 0.776. The Hall–Kier alpha value is -6.04. The van der Waals surface area contributed by atoms with E-state index in [1.165, 1.54) is 0 Å². The summed E-state index contributed by atoms with van der Waals surface area (Å²) in [5.74, 6) is 3.71. The Morgan fingerprint density at radius 1 is 0.488 bits per heavy atom. The highest BCUT2D eigenvalue weighted by Gasteiger charge is 2.69. The predicted octanol–water partition coefficient (Wildman–Crippen LogP) is 1.29. The Kier molecular flexibility index (Phi) is 2.69. The van der Waals surface area contributed by atoms with Crippen LogP contribution in [0.4, 0.5) is 11.6 Å². The molecule has 0 amide bonds. The van der Waals surface area contributed by atoms with Gasteiger partial charge in [0.1, 0.15) is 0 Å². The molecule has 0 saturated heterocycles. The summed E-state index contributed by atoms with van der Waals surface area (Å²) < 4.78 is 8.92. The number of nitrogens with zero attached hydrogens (tertiary/aromatic N) is 12. The van der Waals surface area contributed by atoms with Crippen molar-refractivity contribution in [3.05, 3.63) is 107 Å². The zero-order valence-electron chi connectivity index (χ0n) is 20.8. The minimum atomic E-state index is -1.03. The van der Waals surface area contributed by atoms with E-state index in [0.717, 1.165) is 89.8 Å². The van der Waals surface area contributed by atoms with Gasteiger partial charge < -0.3 is 0 Å². The lowest BCUT2D eigenvalue weighted by Gasteiger charge is -2.40. The molecular weight excluding hydrogens is 516 g/mol. The smallest absolute Gasteiger partial charge is 0.264 e. The normalized spacial score (nSPS) is 20.8. The highest BCUT2D eigenvalue weighted by Crippen LogP contribution is 2.52. The number of amidine groups is 4. The van der Waals surface area contributed by atoms with E-state index in [1.54, 1.807) is 6.20 Å². The van der Waals surface area contributed by atoms with Crippen LogP contribution in [0.15, 0.2) is 93.8 Å². The van der Waals surface area contributed by atoms with Gasteiger partial charge in [0.05, 0.1) is 43.8 Å². The van der Waals surface area contributed by atoms with Crippen molar-refractivity contribution in [2.24, 2.45) is 20.0 Å². The van der Waals surface area contributed by atoms with Crippen LogP contribution in [0.5, 0.6) is 0 Å². The molecule has 6 aliphatic heterocycles. The quantitative estimate of drug-likeness (QED) is 0.276. The van der Waals surface area contributed by atoms with Gasteiger partial charge in [-0.1, -0.05) is 20.0 Å². The molecule has 1 atom stereocenters. The second kappa shape index (κ2) is 5.77. The Balaban J connectivity index is 1.45. The van der Waals surface area contributed by atoms with E-state index in [0.29, 0.717) is 0 Å². The first-order chi connectivity index (χ1) is 20.4. The number of hydrogen-bond acceptors (Lipinski definition) is 8.